The zero-order chi connectivity index (χ0) is 21.2. The third-order valence-electron chi connectivity index (χ3n) is 10.0. The maximum absolute atomic E-state index is 12.2. The summed E-state index contributed by atoms with van der Waals surface area (Å²) in [7, 11) is 0. The van der Waals surface area contributed by atoms with Crippen molar-refractivity contribution in [3.8, 4) is 0 Å². The molecule has 0 spiro atoms. The monoisotopic (exact) mass is 419 g/mol. The van der Waals surface area contributed by atoms with Gasteiger partial charge in [-0.1, -0.05) is 24.6 Å². The summed E-state index contributed by atoms with van der Waals surface area (Å²) in [4.78, 5) is 14.7. The molecular weight excluding hydrogens is 382 g/mol. The summed E-state index contributed by atoms with van der Waals surface area (Å²) in [6.45, 7) is 4.75. The maximum Gasteiger partial charge on any atom is 0.155 e. The minimum atomic E-state index is -0.158. The predicted octanol–water partition coefficient (Wildman–Crippen LogP) is 5.48. The molecule has 4 aliphatic carbocycles. The van der Waals surface area contributed by atoms with Crippen LogP contribution in [0.3, 0.4) is 0 Å². The van der Waals surface area contributed by atoms with E-state index in [1.807, 2.05) is 6.08 Å². The van der Waals surface area contributed by atoms with Crippen molar-refractivity contribution in [2.45, 2.75) is 76.7 Å². The predicted molar refractivity (Wildman–Crippen MR) is 124 cm³/mol. The molecule has 7 unspecified atom stereocenters. The number of benzene rings is 1. The van der Waals surface area contributed by atoms with Gasteiger partial charge in [-0.25, -0.2) is 0 Å². The van der Waals surface area contributed by atoms with E-state index in [4.69, 9.17) is 0 Å². The smallest absolute Gasteiger partial charge is 0.155 e. The van der Waals surface area contributed by atoms with Crippen LogP contribution in [-0.4, -0.2) is 30.1 Å². The number of fused-ring (bicyclic) bond motifs is 5. The first kappa shape index (κ1) is 20.0. The number of hydrogen-bond donors (Lipinski definition) is 1. The molecule has 166 valence electrons. The number of ketones is 1. The molecular formula is C28H37NO2. The fourth-order valence-electron chi connectivity index (χ4n) is 8.53. The lowest BCUT2D eigenvalue weighted by Crippen LogP contribution is -2.50. The number of rotatable bonds is 2. The Morgan fingerprint density at radius 1 is 0.968 bits per heavy atom. The lowest BCUT2D eigenvalue weighted by atomic mass is 9.48. The van der Waals surface area contributed by atoms with Gasteiger partial charge in [0.25, 0.3) is 0 Å². The zero-order valence-corrected chi connectivity index (χ0v) is 18.9. The van der Waals surface area contributed by atoms with Crippen LogP contribution in [-0.2, 0) is 4.79 Å². The minimum Gasteiger partial charge on any atom is -0.393 e. The summed E-state index contributed by atoms with van der Waals surface area (Å²) in [5, 5.41) is 11.0. The van der Waals surface area contributed by atoms with Crippen LogP contribution in [0.15, 0.2) is 35.9 Å². The Labute approximate surface area is 186 Å². The van der Waals surface area contributed by atoms with Crippen LogP contribution in [0.4, 0.5) is 5.69 Å². The Hall–Kier alpha value is -1.61. The Kier molecular flexibility index (Phi) is 4.83. The molecule has 1 saturated heterocycles. The number of carbonyl (C=O) groups is 1. The molecule has 0 amide bonds. The van der Waals surface area contributed by atoms with Crippen LogP contribution in [0.2, 0.25) is 0 Å². The normalized spacial score (nSPS) is 42.1. The third kappa shape index (κ3) is 3.14. The van der Waals surface area contributed by atoms with Crippen molar-refractivity contribution in [1.29, 1.82) is 0 Å². The fourth-order valence-corrected chi connectivity index (χ4v) is 8.53. The van der Waals surface area contributed by atoms with Gasteiger partial charge in [0.15, 0.2) is 5.78 Å². The zero-order valence-electron chi connectivity index (χ0n) is 18.9. The van der Waals surface area contributed by atoms with E-state index in [2.05, 4.69) is 36.1 Å². The van der Waals surface area contributed by atoms with Gasteiger partial charge >= 0.3 is 0 Å². The Morgan fingerprint density at radius 2 is 1.74 bits per heavy atom. The maximum atomic E-state index is 12.2. The summed E-state index contributed by atoms with van der Waals surface area (Å²) in [5.41, 5.74) is 4.32. The van der Waals surface area contributed by atoms with E-state index >= 15 is 0 Å². The first-order chi connectivity index (χ1) is 15.0. The van der Waals surface area contributed by atoms with Crippen molar-refractivity contribution in [2.75, 3.05) is 18.0 Å². The van der Waals surface area contributed by atoms with Gasteiger partial charge in [-0.15, -0.1) is 0 Å². The van der Waals surface area contributed by atoms with Gasteiger partial charge < -0.3 is 10.0 Å². The molecule has 6 rings (SSSR count). The van der Waals surface area contributed by atoms with Crippen molar-refractivity contribution in [3.05, 3.63) is 41.5 Å². The molecule has 1 aliphatic heterocycles. The van der Waals surface area contributed by atoms with Crippen LogP contribution in [0.1, 0.15) is 76.2 Å². The van der Waals surface area contributed by atoms with Gasteiger partial charge in [0.1, 0.15) is 0 Å². The quantitative estimate of drug-likeness (QED) is 0.690. The minimum absolute atomic E-state index is 0.0468. The van der Waals surface area contributed by atoms with Crippen LogP contribution in [0.25, 0.3) is 0 Å². The van der Waals surface area contributed by atoms with Crippen LogP contribution in [0.5, 0.6) is 0 Å². The Balaban J connectivity index is 1.38. The SMILES string of the molecule is CC12CC(c3ccc(N4CCCC4)cc3)C3C4CCC(=O)C=C4CCC3C1CCC2O. The average Bonchev–Trinajstić information content (AvgIpc) is 3.42. The molecule has 4 fully saturated rings. The largest absolute Gasteiger partial charge is 0.393 e. The van der Waals surface area contributed by atoms with Gasteiger partial charge in [0, 0.05) is 25.2 Å². The molecule has 3 nitrogen and oxygen atoms in total. The highest BCUT2D eigenvalue weighted by Crippen LogP contribution is 2.65. The van der Waals surface area contributed by atoms with E-state index in [1.54, 1.807) is 0 Å². The number of aliphatic hydroxyl groups is 1. The highest BCUT2D eigenvalue weighted by Gasteiger charge is 2.59. The molecule has 1 N–H and O–H groups in total. The molecule has 3 heteroatoms. The van der Waals surface area contributed by atoms with Crippen LogP contribution in [0, 0.1) is 29.1 Å². The van der Waals surface area contributed by atoms with E-state index in [1.165, 1.54) is 55.6 Å². The van der Waals surface area contributed by atoms with Crippen molar-refractivity contribution in [1.82, 2.24) is 0 Å². The second-order valence-corrected chi connectivity index (χ2v) is 11.4. The summed E-state index contributed by atoms with van der Waals surface area (Å²) in [6, 6.07) is 9.48. The van der Waals surface area contributed by atoms with Crippen molar-refractivity contribution in [2.24, 2.45) is 29.1 Å². The summed E-state index contributed by atoms with van der Waals surface area (Å²) in [5.74, 6) is 3.37. The number of carbonyl (C=O) groups excluding carboxylic acids is 1. The molecule has 7 atom stereocenters. The molecule has 0 aromatic heterocycles. The summed E-state index contributed by atoms with van der Waals surface area (Å²) in [6.07, 6.45) is 11.8. The molecule has 1 aromatic rings. The Bertz CT molecular complexity index is 883. The molecule has 31 heavy (non-hydrogen) atoms. The van der Waals surface area contributed by atoms with Crippen molar-refractivity contribution in [3.63, 3.8) is 0 Å². The number of aliphatic hydroxyl groups excluding tert-OH is 1. The lowest BCUT2D eigenvalue weighted by molar-refractivity contribution is -0.116. The molecule has 0 bridgehead atoms. The first-order valence-electron chi connectivity index (χ1n) is 12.8. The fraction of sp³-hybridized carbons (Fsp3) is 0.679. The molecule has 0 radical (unpaired) electrons. The number of allylic oxidation sites excluding steroid dienone is 1. The molecule has 3 saturated carbocycles. The van der Waals surface area contributed by atoms with Crippen molar-refractivity contribution >= 4 is 11.5 Å². The average molecular weight is 420 g/mol. The van der Waals surface area contributed by atoms with E-state index in [0.29, 0.717) is 35.4 Å². The van der Waals surface area contributed by atoms with E-state index in [0.717, 1.165) is 32.1 Å². The van der Waals surface area contributed by atoms with Gasteiger partial charge in [-0.3, -0.25) is 4.79 Å². The number of hydrogen-bond acceptors (Lipinski definition) is 3. The van der Waals surface area contributed by atoms with Gasteiger partial charge in [0.2, 0.25) is 0 Å². The highest BCUT2D eigenvalue weighted by molar-refractivity contribution is 5.91. The lowest BCUT2D eigenvalue weighted by Gasteiger charge is -2.57. The second-order valence-electron chi connectivity index (χ2n) is 11.4. The van der Waals surface area contributed by atoms with Gasteiger partial charge in [-0.05, 0) is 110 Å². The summed E-state index contributed by atoms with van der Waals surface area (Å²) >= 11 is 0. The van der Waals surface area contributed by atoms with E-state index in [-0.39, 0.29) is 11.5 Å². The molecule has 5 aliphatic rings. The van der Waals surface area contributed by atoms with Gasteiger partial charge in [-0.2, -0.15) is 0 Å². The van der Waals surface area contributed by atoms with Crippen molar-refractivity contribution < 1.29 is 9.90 Å². The van der Waals surface area contributed by atoms with Gasteiger partial charge in [0.05, 0.1) is 6.10 Å². The highest BCUT2D eigenvalue weighted by atomic mass is 16.3. The molecule has 1 heterocycles. The molecule has 1 aromatic carbocycles. The van der Waals surface area contributed by atoms with Crippen LogP contribution >= 0.6 is 0 Å². The third-order valence-corrected chi connectivity index (χ3v) is 10.0. The van der Waals surface area contributed by atoms with E-state index in [9.17, 15) is 9.90 Å². The Morgan fingerprint density at radius 3 is 2.52 bits per heavy atom. The topological polar surface area (TPSA) is 40.5 Å². The van der Waals surface area contributed by atoms with E-state index < -0.39 is 0 Å². The second kappa shape index (κ2) is 7.47. The first-order valence-corrected chi connectivity index (χ1v) is 12.8. The summed E-state index contributed by atoms with van der Waals surface area (Å²) < 4.78 is 0. The van der Waals surface area contributed by atoms with Crippen LogP contribution < -0.4 is 4.90 Å². The standard InChI is InChI=1S/C28H37NO2/c1-28-17-24(18-4-7-20(8-5-18)29-14-2-3-15-29)27-22-11-9-21(30)16-19(22)6-10-23(27)25(28)12-13-26(28)31/h4-5,7-8,16,22-27,31H,2-3,6,9-15,17H2,1H3. The number of anilines is 1. The number of nitrogens with zero attached hydrogens (tertiary/aromatic N) is 1.